The van der Waals surface area contributed by atoms with Crippen LogP contribution in [0.5, 0.6) is 0 Å². The van der Waals surface area contributed by atoms with E-state index in [-0.39, 0.29) is 11.5 Å². The van der Waals surface area contributed by atoms with Gasteiger partial charge in [-0.1, -0.05) is 77.3 Å². The van der Waals surface area contributed by atoms with E-state index >= 15 is 0 Å². The van der Waals surface area contributed by atoms with Crippen LogP contribution in [0.3, 0.4) is 0 Å². The Labute approximate surface area is 240 Å². The van der Waals surface area contributed by atoms with Gasteiger partial charge in [0.15, 0.2) is 5.78 Å². The van der Waals surface area contributed by atoms with E-state index in [9.17, 15) is 14.4 Å². The summed E-state index contributed by atoms with van der Waals surface area (Å²) in [7, 11) is 0. The molecule has 0 radical (unpaired) electrons. The average Bonchev–Trinajstić information content (AvgIpc) is 2.94. The molecular weight excluding hydrogens is 555 g/mol. The number of rotatable bonds is 8. The Morgan fingerprint density at radius 3 is 1.92 bits per heavy atom. The maximum Gasteiger partial charge on any atom is 0.272 e. The first-order chi connectivity index (χ1) is 18.8. The molecule has 0 heterocycles. The zero-order valence-corrected chi connectivity index (χ0v) is 22.6. The van der Waals surface area contributed by atoms with Gasteiger partial charge in [-0.25, -0.2) is 0 Å². The maximum atomic E-state index is 13.2. The SMILES string of the molecule is O=C(Nc1ccc(C(=O)/C=C/c2c(Cl)cccc2Cl)cc1)/C(=C/c1ccccc1Cl)NC(=O)c1ccccc1. The third kappa shape index (κ3) is 7.45. The Hall–Kier alpha value is -4.16. The van der Waals surface area contributed by atoms with Crippen LogP contribution in [0.4, 0.5) is 5.69 Å². The minimum atomic E-state index is -0.563. The number of hydrogen-bond donors (Lipinski definition) is 2. The van der Waals surface area contributed by atoms with E-state index in [1.165, 1.54) is 12.2 Å². The molecular formula is C31H21Cl3N2O3. The van der Waals surface area contributed by atoms with E-state index in [1.807, 2.05) is 0 Å². The number of carbonyl (C=O) groups excluding carboxylic acids is 3. The van der Waals surface area contributed by atoms with E-state index in [0.717, 1.165) is 0 Å². The maximum absolute atomic E-state index is 13.2. The lowest BCUT2D eigenvalue weighted by Crippen LogP contribution is -2.30. The fourth-order valence-electron chi connectivity index (χ4n) is 3.53. The molecule has 0 fully saturated rings. The number of allylic oxidation sites excluding steroid dienone is 1. The third-order valence-corrected chi connectivity index (χ3v) is 6.57. The molecule has 0 aliphatic carbocycles. The van der Waals surface area contributed by atoms with Crippen molar-refractivity contribution in [2.45, 2.75) is 0 Å². The van der Waals surface area contributed by atoms with Crippen LogP contribution < -0.4 is 10.6 Å². The highest BCUT2D eigenvalue weighted by atomic mass is 35.5. The third-order valence-electron chi connectivity index (χ3n) is 5.56. The summed E-state index contributed by atoms with van der Waals surface area (Å²) in [5.74, 6) is -1.28. The van der Waals surface area contributed by atoms with Crippen molar-refractivity contribution in [3.8, 4) is 0 Å². The number of ketones is 1. The van der Waals surface area contributed by atoms with Crippen LogP contribution in [-0.2, 0) is 4.79 Å². The van der Waals surface area contributed by atoms with Crippen LogP contribution >= 0.6 is 34.8 Å². The molecule has 4 rings (SSSR count). The fourth-order valence-corrected chi connectivity index (χ4v) is 4.25. The Kier molecular flexibility index (Phi) is 9.34. The molecule has 2 amide bonds. The predicted molar refractivity (Wildman–Crippen MR) is 158 cm³/mol. The minimum Gasteiger partial charge on any atom is -0.321 e. The Bertz CT molecular complexity index is 1560. The van der Waals surface area contributed by atoms with Crippen molar-refractivity contribution in [2.75, 3.05) is 5.32 Å². The van der Waals surface area contributed by atoms with Gasteiger partial charge in [0.05, 0.1) is 0 Å². The molecule has 0 saturated carbocycles. The average molecular weight is 576 g/mol. The van der Waals surface area contributed by atoms with Gasteiger partial charge in [-0.3, -0.25) is 14.4 Å². The molecule has 194 valence electrons. The molecule has 5 nitrogen and oxygen atoms in total. The van der Waals surface area contributed by atoms with Crippen molar-refractivity contribution < 1.29 is 14.4 Å². The van der Waals surface area contributed by atoms with E-state index in [4.69, 9.17) is 34.8 Å². The predicted octanol–water partition coefficient (Wildman–Crippen LogP) is 7.95. The normalized spacial score (nSPS) is 11.3. The van der Waals surface area contributed by atoms with Gasteiger partial charge in [-0.2, -0.15) is 0 Å². The summed E-state index contributed by atoms with van der Waals surface area (Å²) in [5.41, 5.74) is 2.32. The van der Waals surface area contributed by atoms with Crippen LogP contribution in [0.25, 0.3) is 12.2 Å². The van der Waals surface area contributed by atoms with Crippen molar-refractivity contribution in [1.29, 1.82) is 0 Å². The Morgan fingerprint density at radius 2 is 1.26 bits per heavy atom. The first-order valence-electron chi connectivity index (χ1n) is 11.7. The summed E-state index contributed by atoms with van der Waals surface area (Å²) in [4.78, 5) is 38.6. The first-order valence-corrected chi connectivity index (χ1v) is 12.9. The van der Waals surface area contributed by atoms with Gasteiger partial charge in [0.1, 0.15) is 5.70 Å². The molecule has 0 aliphatic rings. The smallest absolute Gasteiger partial charge is 0.272 e. The fraction of sp³-hybridized carbons (Fsp3) is 0. The van der Waals surface area contributed by atoms with Gasteiger partial charge in [0.2, 0.25) is 0 Å². The van der Waals surface area contributed by atoms with Gasteiger partial charge in [-0.15, -0.1) is 0 Å². The van der Waals surface area contributed by atoms with Crippen LogP contribution in [-0.4, -0.2) is 17.6 Å². The highest BCUT2D eigenvalue weighted by Crippen LogP contribution is 2.26. The number of amides is 2. The first kappa shape index (κ1) is 27.9. The second-order valence-electron chi connectivity index (χ2n) is 8.26. The number of hydrogen-bond acceptors (Lipinski definition) is 3. The van der Waals surface area contributed by atoms with Crippen LogP contribution in [0.1, 0.15) is 31.8 Å². The summed E-state index contributed by atoms with van der Waals surface area (Å²) in [6.45, 7) is 0. The molecule has 0 saturated heterocycles. The van der Waals surface area contributed by atoms with E-state index in [0.29, 0.717) is 43.0 Å². The molecule has 8 heteroatoms. The zero-order chi connectivity index (χ0) is 27.8. The summed E-state index contributed by atoms with van der Waals surface area (Å²) in [6, 6.07) is 26.9. The summed E-state index contributed by atoms with van der Waals surface area (Å²) in [5, 5.41) is 6.71. The Balaban J connectivity index is 1.51. The molecule has 0 unspecified atom stereocenters. The summed E-state index contributed by atoms with van der Waals surface area (Å²) >= 11 is 18.6. The number of nitrogens with one attached hydrogen (secondary N) is 2. The van der Waals surface area contributed by atoms with E-state index in [1.54, 1.807) is 103 Å². The second-order valence-corrected chi connectivity index (χ2v) is 9.49. The van der Waals surface area contributed by atoms with Crippen molar-refractivity contribution in [2.24, 2.45) is 0 Å². The second kappa shape index (κ2) is 13.1. The number of carbonyl (C=O) groups is 3. The molecule has 0 aromatic heterocycles. The molecule has 2 N–H and O–H groups in total. The molecule has 0 atom stereocenters. The van der Waals surface area contributed by atoms with E-state index in [2.05, 4.69) is 10.6 Å². The van der Waals surface area contributed by atoms with Crippen molar-refractivity contribution in [3.63, 3.8) is 0 Å². The van der Waals surface area contributed by atoms with Gasteiger partial charge >= 0.3 is 0 Å². The highest BCUT2D eigenvalue weighted by molar-refractivity contribution is 6.37. The summed E-state index contributed by atoms with van der Waals surface area (Å²) in [6.07, 6.45) is 4.44. The van der Waals surface area contributed by atoms with Gasteiger partial charge in [0, 0.05) is 37.4 Å². The van der Waals surface area contributed by atoms with Gasteiger partial charge < -0.3 is 10.6 Å². The molecule has 39 heavy (non-hydrogen) atoms. The molecule has 4 aromatic rings. The van der Waals surface area contributed by atoms with Crippen LogP contribution in [0.15, 0.2) is 109 Å². The lowest BCUT2D eigenvalue weighted by molar-refractivity contribution is -0.113. The number of halogens is 3. The standard InChI is InChI=1S/C31H21Cl3N2O3/c32-25-10-5-4-9-22(25)19-28(36-30(38)21-7-2-1-3-8-21)31(39)35-23-15-13-20(14-16-23)29(37)18-17-24-26(33)11-6-12-27(24)34/h1-19H,(H,35,39)(H,36,38)/b18-17+,28-19-. The molecule has 0 aliphatic heterocycles. The van der Waals surface area contributed by atoms with Gasteiger partial charge in [0.25, 0.3) is 11.8 Å². The lowest BCUT2D eigenvalue weighted by Gasteiger charge is -2.12. The largest absolute Gasteiger partial charge is 0.321 e. The van der Waals surface area contributed by atoms with Crippen LogP contribution in [0.2, 0.25) is 15.1 Å². The lowest BCUT2D eigenvalue weighted by atomic mass is 10.1. The summed E-state index contributed by atoms with van der Waals surface area (Å²) < 4.78 is 0. The number of benzene rings is 4. The topological polar surface area (TPSA) is 75.3 Å². The quantitative estimate of drug-likeness (QED) is 0.165. The highest BCUT2D eigenvalue weighted by Gasteiger charge is 2.16. The van der Waals surface area contributed by atoms with Gasteiger partial charge in [-0.05, 0) is 78.4 Å². The zero-order valence-electron chi connectivity index (χ0n) is 20.3. The monoisotopic (exact) mass is 574 g/mol. The molecule has 0 bridgehead atoms. The van der Waals surface area contributed by atoms with Crippen molar-refractivity contribution in [1.82, 2.24) is 5.32 Å². The van der Waals surface area contributed by atoms with E-state index < -0.39 is 11.8 Å². The van der Waals surface area contributed by atoms with Crippen LogP contribution in [0, 0.1) is 0 Å². The number of anilines is 1. The van der Waals surface area contributed by atoms with Crippen molar-refractivity contribution in [3.05, 3.63) is 146 Å². The molecule has 0 spiro atoms. The Morgan fingerprint density at radius 1 is 0.641 bits per heavy atom. The van der Waals surface area contributed by atoms with Crippen molar-refractivity contribution >= 4 is 70.2 Å². The molecule has 4 aromatic carbocycles. The minimum absolute atomic E-state index is 0.00309.